The maximum atomic E-state index is 12.1. The molecule has 0 radical (unpaired) electrons. The van der Waals surface area contributed by atoms with Crippen LogP contribution in [0.25, 0.3) is 0 Å². The molecule has 4 nitrogen and oxygen atoms in total. The zero-order valence-electron chi connectivity index (χ0n) is 16.2. The normalized spacial score (nSPS) is 18.8. The zero-order valence-corrected chi connectivity index (χ0v) is 16.2. The molecule has 136 valence electrons. The average Bonchev–Trinajstić information content (AvgIpc) is 2.46. The molecule has 1 unspecified atom stereocenters. The highest BCUT2D eigenvalue weighted by atomic mass is 16.2. The maximum Gasteiger partial charge on any atom is 0.234 e. The predicted octanol–water partition coefficient (Wildman–Crippen LogP) is 3.13. The molecule has 1 rings (SSSR count). The van der Waals surface area contributed by atoms with Gasteiger partial charge in [0.1, 0.15) is 0 Å². The number of amides is 1. The van der Waals surface area contributed by atoms with Gasteiger partial charge in [-0.1, -0.05) is 47.0 Å². The Balaban J connectivity index is 2.16. The summed E-state index contributed by atoms with van der Waals surface area (Å²) in [4.78, 5) is 17.0. The Kier molecular flexibility index (Phi) is 9.15. The minimum Gasteiger partial charge on any atom is -0.353 e. The molecule has 0 bridgehead atoms. The van der Waals surface area contributed by atoms with Gasteiger partial charge in [0, 0.05) is 32.2 Å². The van der Waals surface area contributed by atoms with E-state index in [4.69, 9.17) is 0 Å². The summed E-state index contributed by atoms with van der Waals surface area (Å²) in [7, 11) is 0. The van der Waals surface area contributed by atoms with E-state index in [0.29, 0.717) is 18.0 Å². The molecular formula is C19H39N3O. The lowest BCUT2D eigenvalue weighted by molar-refractivity contribution is -0.123. The summed E-state index contributed by atoms with van der Waals surface area (Å²) in [6.45, 7) is 17.2. The first-order chi connectivity index (χ1) is 10.8. The van der Waals surface area contributed by atoms with E-state index in [1.165, 1.54) is 32.2 Å². The molecule has 1 amide bonds. The van der Waals surface area contributed by atoms with Crippen LogP contribution in [0.3, 0.4) is 0 Å². The number of carbonyl (C=O) groups excluding carboxylic acids is 1. The van der Waals surface area contributed by atoms with Crippen molar-refractivity contribution in [3.8, 4) is 0 Å². The first-order valence-corrected chi connectivity index (χ1v) is 9.54. The summed E-state index contributed by atoms with van der Waals surface area (Å²) in [5, 5.41) is 3.15. The van der Waals surface area contributed by atoms with Crippen molar-refractivity contribution in [2.24, 2.45) is 5.41 Å². The smallest absolute Gasteiger partial charge is 0.234 e. The molecule has 1 aliphatic heterocycles. The number of nitrogens with one attached hydrogen (secondary N) is 1. The molecule has 1 aliphatic rings. The molecule has 0 aromatic heterocycles. The molecule has 1 atom stereocenters. The average molecular weight is 326 g/mol. The number of piperazine rings is 1. The third-order valence-electron chi connectivity index (χ3n) is 4.66. The van der Waals surface area contributed by atoms with Crippen LogP contribution in [-0.4, -0.2) is 61.0 Å². The van der Waals surface area contributed by atoms with E-state index >= 15 is 0 Å². The molecule has 0 saturated carbocycles. The fourth-order valence-electron chi connectivity index (χ4n) is 2.96. The van der Waals surface area contributed by atoms with Crippen LogP contribution in [0.15, 0.2) is 0 Å². The van der Waals surface area contributed by atoms with E-state index in [1.54, 1.807) is 0 Å². The molecular weight excluding hydrogens is 286 g/mol. The summed E-state index contributed by atoms with van der Waals surface area (Å²) >= 11 is 0. The highest BCUT2D eigenvalue weighted by Gasteiger charge is 2.20. The monoisotopic (exact) mass is 325 g/mol. The summed E-state index contributed by atoms with van der Waals surface area (Å²) < 4.78 is 0. The Morgan fingerprint density at radius 1 is 1.09 bits per heavy atom. The van der Waals surface area contributed by atoms with Gasteiger partial charge in [-0.25, -0.2) is 0 Å². The third-order valence-corrected chi connectivity index (χ3v) is 4.66. The van der Waals surface area contributed by atoms with Gasteiger partial charge < -0.3 is 10.2 Å². The van der Waals surface area contributed by atoms with Gasteiger partial charge >= 0.3 is 0 Å². The van der Waals surface area contributed by atoms with E-state index in [2.05, 4.69) is 49.7 Å². The Morgan fingerprint density at radius 3 is 2.26 bits per heavy atom. The Morgan fingerprint density at radius 2 is 1.70 bits per heavy atom. The lowest BCUT2D eigenvalue weighted by Crippen LogP contribution is -2.50. The highest BCUT2D eigenvalue weighted by molar-refractivity contribution is 5.78. The van der Waals surface area contributed by atoms with Crippen LogP contribution in [0.5, 0.6) is 0 Å². The van der Waals surface area contributed by atoms with Crippen LogP contribution in [0.2, 0.25) is 0 Å². The summed E-state index contributed by atoms with van der Waals surface area (Å²) in [5.41, 5.74) is 0.408. The fourth-order valence-corrected chi connectivity index (χ4v) is 2.96. The van der Waals surface area contributed by atoms with Crippen molar-refractivity contribution in [1.29, 1.82) is 0 Å². The van der Waals surface area contributed by atoms with Crippen LogP contribution in [0.4, 0.5) is 0 Å². The van der Waals surface area contributed by atoms with Crippen molar-refractivity contribution in [1.82, 2.24) is 15.1 Å². The molecule has 0 aromatic carbocycles. The molecule has 1 N–H and O–H groups in total. The SMILES string of the molecule is CCCCCC(C)NC(=O)CN1CCN(CCC(C)(C)C)CC1. The van der Waals surface area contributed by atoms with E-state index in [-0.39, 0.29) is 5.91 Å². The van der Waals surface area contributed by atoms with Gasteiger partial charge in [-0.15, -0.1) is 0 Å². The lowest BCUT2D eigenvalue weighted by Gasteiger charge is -2.35. The van der Waals surface area contributed by atoms with Crippen molar-refractivity contribution in [2.45, 2.75) is 72.8 Å². The first kappa shape index (κ1) is 20.4. The molecule has 1 heterocycles. The van der Waals surface area contributed by atoms with Crippen molar-refractivity contribution in [2.75, 3.05) is 39.3 Å². The van der Waals surface area contributed by atoms with Crippen LogP contribution in [0.1, 0.15) is 66.7 Å². The van der Waals surface area contributed by atoms with Gasteiger partial charge in [-0.05, 0) is 31.7 Å². The molecule has 23 heavy (non-hydrogen) atoms. The van der Waals surface area contributed by atoms with Crippen molar-refractivity contribution >= 4 is 5.91 Å². The van der Waals surface area contributed by atoms with E-state index in [0.717, 1.165) is 32.6 Å². The summed E-state index contributed by atoms with van der Waals surface area (Å²) in [6, 6.07) is 0.308. The molecule has 0 spiro atoms. The third kappa shape index (κ3) is 9.98. The van der Waals surface area contributed by atoms with Gasteiger partial charge in [0.25, 0.3) is 0 Å². The van der Waals surface area contributed by atoms with Crippen LogP contribution >= 0.6 is 0 Å². The van der Waals surface area contributed by atoms with Crippen LogP contribution in [-0.2, 0) is 4.79 Å². The molecule has 1 saturated heterocycles. The largest absolute Gasteiger partial charge is 0.353 e. The minimum absolute atomic E-state index is 0.192. The summed E-state index contributed by atoms with van der Waals surface area (Å²) in [5.74, 6) is 0.192. The van der Waals surface area contributed by atoms with Gasteiger partial charge in [-0.2, -0.15) is 0 Å². The van der Waals surface area contributed by atoms with Crippen molar-refractivity contribution in [3.05, 3.63) is 0 Å². The van der Waals surface area contributed by atoms with Gasteiger partial charge in [0.05, 0.1) is 6.54 Å². The van der Waals surface area contributed by atoms with E-state index in [9.17, 15) is 4.79 Å². The number of hydrogen-bond donors (Lipinski definition) is 1. The standard InChI is InChI=1S/C19H39N3O/c1-6-7-8-9-17(2)20-18(23)16-22-14-12-21(13-15-22)11-10-19(3,4)5/h17H,6-16H2,1-5H3,(H,20,23). The van der Waals surface area contributed by atoms with Crippen molar-refractivity contribution in [3.63, 3.8) is 0 Å². The molecule has 1 fully saturated rings. The molecule has 4 heteroatoms. The van der Waals surface area contributed by atoms with Crippen molar-refractivity contribution < 1.29 is 4.79 Å². The highest BCUT2D eigenvalue weighted by Crippen LogP contribution is 2.19. The maximum absolute atomic E-state index is 12.1. The first-order valence-electron chi connectivity index (χ1n) is 9.54. The second-order valence-electron chi connectivity index (χ2n) is 8.39. The second-order valence-corrected chi connectivity index (χ2v) is 8.39. The van der Waals surface area contributed by atoms with Gasteiger partial charge in [0.2, 0.25) is 5.91 Å². The second kappa shape index (κ2) is 10.3. The topological polar surface area (TPSA) is 35.6 Å². The number of carbonyl (C=O) groups is 1. The fraction of sp³-hybridized carbons (Fsp3) is 0.947. The number of hydrogen-bond acceptors (Lipinski definition) is 3. The lowest BCUT2D eigenvalue weighted by atomic mass is 9.92. The van der Waals surface area contributed by atoms with Crippen LogP contribution < -0.4 is 5.32 Å². The predicted molar refractivity (Wildman–Crippen MR) is 98.7 cm³/mol. The summed E-state index contributed by atoms with van der Waals surface area (Å²) in [6.07, 6.45) is 6.05. The van der Waals surface area contributed by atoms with Gasteiger partial charge in [-0.3, -0.25) is 9.69 Å². The Labute approximate surface area is 144 Å². The Bertz CT molecular complexity index is 330. The van der Waals surface area contributed by atoms with Crippen LogP contribution in [0, 0.1) is 5.41 Å². The van der Waals surface area contributed by atoms with Gasteiger partial charge in [0.15, 0.2) is 0 Å². The molecule has 0 aromatic rings. The van der Waals surface area contributed by atoms with E-state index in [1.807, 2.05) is 0 Å². The molecule has 0 aliphatic carbocycles. The van der Waals surface area contributed by atoms with E-state index < -0.39 is 0 Å². The number of rotatable bonds is 9. The zero-order chi connectivity index (χ0) is 17.3. The minimum atomic E-state index is 0.192. The number of nitrogens with zero attached hydrogens (tertiary/aromatic N) is 2. The quantitative estimate of drug-likeness (QED) is 0.662. The Hall–Kier alpha value is -0.610. The number of unbranched alkanes of at least 4 members (excludes halogenated alkanes) is 2.